The molecule has 114 valence electrons. The Labute approximate surface area is 134 Å². The molecule has 0 fully saturated rings. The molecule has 2 rings (SSSR count). The molecule has 5 heteroatoms. The number of hydrogen-bond acceptors (Lipinski definition) is 5. The van der Waals surface area contributed by atoms with Gasteiger partial charge in [-0.05, 0) is 30.7 Å². The lowest BCUT2D eigenvalue weighted by Gasteiger charge is -2.10. The van der Waals surface area contributed by atoms with Crippen LogP contribution < -0.4 is 4.74 Å². The zero-order valence-corrected chi connectivity index (χ0v) is 13.7. The Kier molecular flexibility index (Phi) is 5.29. The molecule has 0 bridgehead atoms. The third-order valence-electron chi connectivity index (χ3n) is 3.67. The number of rotatable bonds is 6. The average molecular weight is 314 g/mol. The number of thiazole rings is 1. The Morgan fingerprint density at radius 2 is 2.09 bits per heavy atom. The predicted octanol–water partition coefficient (Wildman–Crippen LogP) is 4.04. The molecule has 0 saturated carbocycles. The van der Waals surface area contributed by atoms with Crippen LogP contribution in [0.25, 0.3) is 11.3 Å². The fraction of sp³-hybridized carbons (Fsp3) is 0.353. The molecule has 0 aliphatic carbocycles. The second kappa shape index (κ2) is 7.19. The molecule has 2 atom stereocenters. The molecular formula is C17H18N2O2S. The van der Waals surface area contributed by atoms with Crippen molar-refractivity contribution in [1.29, 1.82) is 5.26 Å². The summed E-state index contributed by atoms with van der Waals surface area (Å²) in [5, 5.41) is 11.8. The van der Waals surface area contributed by atoms with Crippen LogP contribution >= 0.6 is 11.3 Å². The average Bonchev–Trinajstić information content (AvgIpc) is 3.04. The van der Waals surface area contributed by atoms with Crippen molar-refractivity contribution >= 4 is 17.1 Å². The quantitative estimate of drug-likeness (QED) is 0.807. The summed E-state index contributed by atoms with van der Waals surface area (Å²) in [6.45, 7) is 3.80. The summed E-state index contributed by atoms with van der Waals surface area (Å²) in [6, 6.07) is 9.64. The van der Waals surface area contributed by atoms with E-state index in [-0.39, 0.29) is 11.7 Å². The van der Waals surface area contributed by atoms with Gasteiger partial charge in [0.1, 0.15) is 10.8 Å². The van der Waals surface area contributed by atoms with Gasteiger partial charge in [-0.2, -0.15) is 5.26 Å². The first-order valence-electron chi connectivity index (χ1n) is 7.13. The number of hydrogen-bond donors (Lipinski definition) is 0. The number of ketones is 1. The van der Waals surface area contributed by atoms with E-state index in [9.17, 15) is 10.1 Å². The first-order chi connectivity index (χ1) is 10.6. The van der Waals surface area contributed by atoms with Gasteiger partial charge in [-0.3, -0.25) is 4.79 Å². The van der Waals surface area contributed by atoms with Crippen molar-refractivity contribution in [3.63, 3.8) is 0 Å². The van der Waals surface area contributed by atoms with Crippen LogP contribution in [0.2, 0.25) is 0 Å². The minimum absolute atomic E-state index is 0.0550. The third-order valence-corrected chi connectivity index (χ3v) is 4.58. The minimum Gasteiger partial charge on any atom is -0.497 e. The van der Waals surface area contributed by atoms with E-state index in [1.54, 1.807) is 7.11 Å². The molecule has 1 heterocycles. The van der Waals surface area contributed by atoms with Crippen LogP contribution in [0, 0.1) is 17.2 Å². The molecule has 1 aromatic heterocycles. The molecule has 22 heavy (non-hydrogen) atoms. The molecule has 0 unspecified atom stereocenters. The molecule has 1 aromatic carbocycles. The molecular weight excluding hydrogens is 296 g/mol. The van der Waals surface area contributed by atoms with Crippen LogP contribution in [0.5, 0.6) is 5.75 Å². The number of nitrogens with zero attached hydrogens (tertiary/aromatic N) is 2. The van der Waals surface area contributed by atoms with E-state index in [1.807, 2.05) is 43.5 Å². The van der Waals surface area contributed by atoms with Crippen LogP contribution in [-0.2, 0) is 4.79 Å². The lowest BCUT2D eigenvalue weighted by Crippen LogP contribution is -2.18. The van der Waals surface area contributed by atoms with Gasteiger partial charge in [0.15, 0.2) is 11.7 Å². The number of methoxy groups -OCH3 is 1. The summed E-state index contributed by atoms with van der Waals surface area (Å²) in [7, 11) is 1.62. The Balaban J connectivity index is 2.26. The fourth-order valence-electron chi connectivity index (χ4n) is 2.04. The van der Waals surface area contributed by atoms with Crippen molar-refractivity contribution in [2.45, 2.75) is 26.2 Å². The molecule has 0 radical (unpaired) electrons. The van der Waals surface area contributed by atoms with Crippen molar-refractivity contribution in [3.8, 4) is 23.1 Å². The van der Waals surface area contributed by atoms with E-state index >= 15 is 0 Å². The van der Waals surface area contributed by atoms with Gasteiger partial charge >= 0.3 is 0 Å². The number of benzene rings is 1. The van der Waals surface area contributed by atoms with Crippen LogP contribution in [-0.4, -0.2) is 17.9 Å². The van der Waals surface area contributed by atoms with E-state index < -0.39 is 5.92 Å². The van der Waals surface area contributed by atoms with Gasteiger partial charge in [-0.1, -0.05) is 13.8 Å². The van der Waals surface area contributed by atoms with Gasteiger partial charge in [0.25, 0.3) is 0 Å². The standard InChI is InChI=1S/C17H18N2O2S/c1-4-11(2)16(20)14(9-18)17-19-15(10-22-17)12-5-7-13(21-3)8-6-12/h5-8,10-11,14H,4H2,1-3H3/t11-,14+/m0/s1. The van der Waals surface area contributed by atoms with Crippen molar-refractivity contribution in [3.05, 3.63) is 34.7 Å². The minimum atomic E-state index is -0.771. The number of nitriles is 1. The maximum Gasteiger partial charge on any atom is 0.159 e. The zero-order chi connectivity index (χ0) is 16.1. The van der Waals surface area contributed by atoms with E-state index in [0.717, 1.165) is 23.4 Å². The van der Waals surface area contributed by atoms with Crippen molar-refractivity contribution in [2.24, 2.45) is 5.92 Å². The number of ether oxygens (including phenoxy) is 1. The van der Waals surface area contributed by atoms with Gasteiger partial charge < -0.3 is 4.74 Å². The topological polar surface area (TPSA) is 63.0 Å². The summed E-state index contributed by atoms with van der Waals surface area (Å²) >= 11 is 1.36. The predicted molar refractivity (Wildman–Crippen MR) is 86.9 cm³/mol. The Morgan fingerprint density at radius 1 is 1.41 bits per heavy atom. The fourth-order valence-corrected chi connectivity index (χ4v) is 2.92. The van der Waals surface area contributed by atoms with Crippen LogP contribution in [0.15, 0.2) is 29.6 Å². The Bertz CT molecular complexity index is 685. The van der Waals surface area contributed by atoms with Crippen molar-refractivity contribution in [1.82, 2.24) is 4.98 Å². The molecule has 0 aliphatic heterocycles. The van der Waals surface area contributed by atoms with Gasteiger partial charge in [-0.15, -0.1) is 11.3 Å². The van der Waals surface area contributed by atoms with Gasteiger partial charge in [0.05, 0.1) is 18.9 Å². The number of carbonyl (C=O) groups excluding carboxylic acids is 1. The highest BCUT2D eigenvalue weighted by Gasteiger charge is 2.27. The normalized spacial score (nSPS) is 13.2. The van der Waals surface area contributed by atoms with Gasteiger partial charge in [0.2, 0.25) is 0 Å². The lowest BCUT2D eigenvalue weighted by molar-refractivity contribution is -0.122. The highest BCUT2D eigenvalue weighted by molar-refractivity contribution is 7.10. The van der Waals surface area contributed by atoms with Crippen LogP contribution in [0.3, 0.4) is 0 Å². The highest BCUT2D eigenvalue weighted by Crippen LogP contribution is 2.29. The molecule has 4 nitrogen and oxygen atoms in total. The Hall–Kier alpha value is -2.19. The zero-order valence-electron chi connectivity index (χ0n) is 12.9. The maximum atomic E-state index is 12.3. The number of aromatic nitrogens is 1. The smallest absolute Gasteiger partial charge is 0.159 e. The summed E-state index contributed by atoms with van der Waals surface area (Å²) < 4.78 is 5.13. The highest BCUT2D eigenvalue weighted by atomic mass is 32.1. The van der Waals surface area contributed by atoms with Crippen molar-refractivity contribution in [2.75, 3.05) is 7.11 Å². The summed E-state index contributed by atoms with van der Waals surface area (Å²) in [6.07, 6.45) is 0.730. The van der Waals surface area contributed by atoms with Gasteiger partial charge in [-0.25, -0.2) is 4.98 Å². The van der Waals surface area contributed by atoms with Crippen molar-refractivity contribution < 1.29 is 9.53 Å². The second-order valence-corrected chi connectivity index (χ2v) is 5.96. The summed E-state index contributed by atoms with van der Waals surface area (Å²) in [4.78, 5) is 16.7. The molecule has 0 saturated heterocycles. The number of Topliss-reactive ketones (excluding diaryl/α,β-unsaturated/α-hetero) is 1. The molecule has 2 aromatic rings. The maximum absolute atomic E-state index is 12.3. The van der Waals surface area contributed by atoms with Gasteiger partial charge in [0, 0.05) is 16.9 Å². The van der Waals surface area contributed by atoms with E-state index in [4.69, 9.17) is 4.74 Å². The number of carbonyl (C=O) groups is 1. The van der Waals surface area contributed by atoms with Crippen LogP contribution in [0.1, 0.15) is 31.2 Å². The summed E-state index contributed by atoms with van der Waals surface area (Å²) in [5.74, 6) is -0.174. The lowest BCUT2D eigenvalue weighted by atomic mass is 9.93. The Morgan fingerprint density at radius 3 is 2.64 bits per heavy atom. The largest absolute Gasteiger partial charge is 0.497 e. The second-order valence-electron chi connectivity index (χ2n) is 5.07. The van der Waals surface area contributed by atoms with E-state index in [1.165, 1.54) is 11.3 Å². The van der Waals surface area contributed by atoms with E-state index in [0.29, 0.717) is 5.01 Å². The molecule has 0 N–H and O–H groups in total. The monoisotopic (exact) mass is 314 g/mol. The van der Waals surface area contributed by atoms with Crippen LogP contribution in [0.4, 0.5) is 0 Å². The van der Waals surface area contributed by atoms with E-state index in [2.05, 4.69) is 11.1 Å². The molecule has 0 amide bonds. The molecule has 0 aliphatic rings. The third kappa shape index (κ3) is 3.34. The SMILES string of the molecule is CC[C@H](C)C(=O)[C@@H](C#N)c1nc(-c2ccc(OC)cc2)cs1. The summed E-state index contributed by atoms with van der Waals surface area (Å²) in [5.41, 5.74) is 1.72. The first kappa shape index (κ1) is 16.2. The first-order valence-corrected chi connectivity index (χ1v) is 8.01. The molecule has 0 spiro atoms.